The van der Waals surface area contributed by atoms with E-state index in [1.807, 2.05) is 18.4 Å². The number of thioether (sulfide) groups is 1. The lowest BCUT2D eigenvalue weighted by Crippen LogP contribution is -2.37. The molecule has 2 atom stereocenters. The van der Waals surface area contributed by atoms with Crippen molar-refractivity contribution in [1.29, 1.82) is 0 Å². The van der Waals surface area contributed by atoms with Crippen LogP contribution >= 0.6 is 43.6 Å². The number of benzene rings is 1. The first-order chi connectivity index (χ1) is 8.49. The van der Waals surface area contributed by atoms with Crippen LogP contribution in [0.3, 0.4) is 0 Å². The molecular weight excluding hydrogens is 382 g/mol. The Bertz CT molecular complexity index is 377. The summed E-state index contributed by atoms with van der Waals surface area (Å²) >= 11 is 8.27. The van der Waals surface area contributed by atoms with Crippen LogP contribution in [0.1, 0.15) is 12.5 Å². The summed E-state index contributed by atoms with van der Waals surface area (Å²) in [5, 5.41) is 22.4. The fourth-order valence-corrected chi connectivity index (χ4v) is 3.50. The number of hydrogen-bond acceptors (Lipinski definition) is 4. The van der Waals surface area contributed by atoms with Gasteiger partial charge in [-0.15, -0.1) is 0 Å². The Morgan fingerprint density at radius 1 is 1.33 bits per heavy atom. The number of halogens is 2. The fraction of sp³-hybridized carbons (Fsp3) is 0.500. The number of aliphatic hydroxyl groups is 1. The Kier molecular flexibility index (Phi) is 7.02. The van der Waals surface area contributed by atoms with Crippen LogP contribution in [0.5, 0.6) is 5.75 Å². The van der Waals surface area contributed by atoms with Crippen LogP contribution in [-0.2, 0) is 6.54 Å². The number of phenolic OH excluding ortho intramolecular Hbond substituents is 1. The fourth-order valence-electron chi connectivity index (χ4n) is 1.57. The monoisotopic (exact) mass is 397 g/mol. The second-order valence-electron chi connectivity index (χ2n) is 4.03. The molecule has 1 rings (SSSR count). The Balaban J connectivity index is 2.64. The first kappa shape index (κ1) is 16.3. The third-order valence-electron chi connectivity index (χ3n) is 2.75. The first-order valence-corrected chi connectivity index (χ1v) is 8.41. The number of hydrogen-bond donors (Lipinski definition) is 3. The molecule has 0 aliphatic rings. The van der Waals surface area contributed by atoms with Crippen molar-refractivity contribution < 1.29 is 10.2 Å². The normalized spacial score (nSPS) is 14.5. The van der Waals surface area contributed by atoms with Crippen LogP contribution in [0, 0.1) is 0 Å². The number of aromatic hydroxyl groups is 1. The van der Waals surface area contributed by atoms with E-state index in [2.05, 4.69) is 44.1 Å². The minimum absolute atomic E-state index is 0.165. The van der Waals surface area contributed by atoms with Gasteiger partial charge in [-0.2, -0.15) is 11.8 Å². The average molecular weight is 399 g/mol. The van der Waals surface area contributed by atoms with Gasteiger partial charge in [-0.05, 0) is 62.7 Å². The molecule has 6 heteroatoms. The highest BCUT2D eigenvalue weighted by Gasteiger charge is 2.14. The lowest BCUT2D eigenvalue weighted by Gasteiger charge is -2.21. The lowest BCUT2D eigenvalue weighted by atomic mass is 10.2. The molecule has 0 aliphatic carbocycles. The van der Waals surface area contributed by atoms with Gasteiger partial charge >= 0.3 is 0 Å². The Morgan fingerprint density at radius 2 is 1.89 bits per heavy atom. The molecule has 0 heterocycles. The van der Waals surface area contributed by atoms with Gasteiger partial charge in [-0.3, -0.25) is 0 Å². The van der Waals surface area contributed by atoms with E-state index in [1.165, 1.54) is 0 Å². The minimum atomic E-state index is 0.165. The van der Waals surface area contributed by atoms with Crippen LogP contribution in [0.25, 0.3) is 0 Å². The summed E-state index contributed by atoms with van der Waals surface area (Å²) in [6.07, 6.45) is 1.99. The summed E-state index contributed by atoms with van der Waals surface area (Å²) in [5.74, 6) is 0.212. The number of rotatable bonds is 6. The largest absolute Gasteiger partial charge is 0.506 e. The van der Waals surface area contributed by atoms with Gasteiger partial charge in [0, 0.05) is 17.8 Å². The molecule has 102 valence electrons. The van der Waals surface area contributed by atoms with E-state index in [9.17, 15) is 10.2 Å². The molecule has 0 aromatic heterocycles. The van der Waals surface area contributed by atoms with Crippen molar-refractivity contribution in [2.45, 2.75) is 24.8 Å². The van der Waals surface area contributed by atoms with Gasteiger partial charge in [0.2, 0.25) is 0 Å². The molecule has 1 aromatic carbocycles. The molecule has 3 N–H and O–H groups in total. The molecule has 0 radical (unpaired) electrons. The van der Waals surface area contributed by atoms with E-state index in [1.54, 1.807) is 11.8 Å². The van der Waals surface area contributed by atoms with E-state index in [4.69, 9.17) is 0 Å². The number of nitrogens with one attached hydrogen (secondary N) is 1. The van der Waals surface area contributed by atoms with Crippen molar-refractivity contribution in [2.24, 2.45) is 0 Å². The summed E-state index contributed by atoms with van der Waals surface area (Å²) in [7, 11) is 0. The van der Waals surface area contributed by atoms with Crippen LogP contribution in [0.15, 0.2) is 21.1 Å². The maximum absolute atomic E-state index is 9.62. The lowest BCUT2D eigenvalue weighted by molar-refractivity contribution is 0.276. The van der Waals surface area contributed by atoms with E-state index in [0.29, 0.717) is 15.5 Å². The Morgan fingerprint density at radius 3 is 2.33 bits per heavy atom. The van der Waals surface area contributed by atoms with Crippen molar-refractivity contribution >= 4 is 43.6 Å². The molecule has 3 nitrogen and oxygen atoms in total. The second kappa shape index (κ2) is 7.75. The Labute approximate surface area is 129 Å². The quantitative estimate of drug-likeness (QED) is 0.689. The van der Waals surface area contributed by atoms with E-state index in [0.717, 1.165) is 5.56 Å². The third kappa shape index (κ3) is 4.42. The molecule has 2 unspecified atom stereocenters. The molecule has 0 saturated carbocycles. The van der Waals surface area contributed by atoms with E-state index >= 15 is 0 Å². The van der Waals surface area contributed by atoms with Gasteiger partial charge < -0.3 is 15.5 Å². The van der Waals surface area contributed by atoms with E-state index < -0.39 is 0 Å². The molecule has 0 fully saturated rings. The predicted octanol–water partition coefficient (Wildman–Crippen LogP) is 3.12. The summed E-state index contributed by atoms with van der Waals surface area (Å²) < 4.78 is 1.34. The Hall–Kier alpha value is 0.250. The predicted molar refractivity (Wildman–Crippen MR) is 84.2 cm³/mol. The minimum Gasteiger partial charge on any atom is -0.506 e. The van der Waals surface area contributed by atoms with Gasteiger partial charge in [0.25, 0.3) is 0 Å². The highest BCUT2D eigenvalue weighted by molar-refractivity contribution is 9.11. The van der Waals surface area contributed by atoms with Crippen LogP contribution in [0.4, 0.5) is 0 Å². The van der Waals surface area contributed by atoms with Crippen molar-refractivity contribution in [1.82, 2.24) is 5.32 Å². The topological polar surface area (TPSA) is 52.5 Å². The zero-order valence-electron chi connectivity index (χ0n) is 10.3. The van der Waals surface area contributed by atoms with Gasteiger partial charge in [0.15, 0.2) is 0 Å². The third-order valence-corrected chi connectivity index (χ3v) is 5.12. The molecular formula is C12H17Br2NO2S. The standard InChI is InChI=1S/C12H17Br2NO2S/c1-7(11(6-16)18-2)15-5-8-3-9(13)12(17)10(14)4-8/h3-4,7,11,15-17H,5-6H2,1-2H3. The summed E-state index contributed by atoms with van der Waals surface area (Å²) in [6, 6.07) is 3.98. The molecule has 0 amide bonds. The van der Waals surface area contributed by atoms with E-state index in [-0.39, 0.29) is 23.6 Å². The highest BCUT2D eigenvalue weighted by Crippen LogP contribution is 2.33. The molecule has 0 aliphatic heterocycles. The van der Waals surface area contributed by atoms with Gasteiger partial charge in [0.1, 0.15) is 5.75 Å². The van der Waals surface area contributed by atoms with Crippen molar-refractivity contribution in [3.05, 3.63) is 26.6 Å². The average Bonchev–Trinajstić information content (AvgIpc) is 2.34. The highest BCUT2D eigenvalue weighted by atomic mass is 79.9. The van der Waals surface area contributed by atoms with Gasteiger partial charge in [0.05, 0.1) is 15.6 Å². The molecule has 0 spiro atoms. The summed E-state index contributed by atoms with van der Waals surface area (Å²) in [6.45, 7) is 2.91. The summed E-state index contributed by atoms with van der Waals surface area (Å²) in [4.78, 5) is 0. The smallest absolute Gasteiger partial charge is 0.143 e. The van der Waals surface area contributed by atoms with Crippen molar-refractivity contribution in [3.8, 4) is 5.75 Å². The van der Waals surface area contributed by atoms with Crippen LogP contribution in [0.2, 0.25) is 0 Å². The maximum atomic E-state index is 9.62. The molecule has 0 bridgehead atoms. The zero-order chi connectivity index (χ0) is 13.7. The van der Waals surface area contributed by atoms with Gasteiger partial charge in [-0.25, -0.2) is 0 Å². The molecule has 1 aromatic rings. The molecule has 0 saturated heterocycles. The van der Waals surface area contributed by atoms with Crippen molar-refractivity contribution in [3.63, 3.8) is 0 Å². The first-order valence-electron chi connectivity index (χ1n) is 5.53. The molecule has 18 heavy (non-hydrogen) atoms. The summed E-state index contributed by atoms with van der Waals surface area (Å²) in [5.41, 5.74) is 1.07. The zero-order valence-corrected chi connectivity index (χ0v) is 14.3. The van der Waals surface area contributed by atoms with Gasteiger partial charge in [-0.1, -0.05) is 0 Å². The number of phenols is 1. The van der Waals surface area contributed by atoms with Crippen LogP contribution in [-0.4, -0.2) is 34.4 Å². The number of aliphatic hydroxyl groups excluding tert-OH is 1. The van der Waals surface area contributed by atoms with Crippen LogP contribution < -0.4 is 5.32 Å². The second-order valence-corrected chi connectivity index (χ2v) is 6.82. The SMILES string of the molecule is CSC(CO)C(C)NCc1cc(Br)c(O)c(Br)c1. The van der Waals surface area contributed by atoms with Crippen molar-refractivity contribution in [2.75, 3.05) is 12.9 Å². The maximum Gasteiger partial charge on any atom is 0.143 e.